The highest BCUT2D eigenvalue weighted by Crippen LogP contribution is 1.24. The Hall–Kier alpha value is -0.200. The first kappa shape index (κ1) is 29.2. The highest BCUT2D eigenvalue weighted by atomic mass is 14.6. The maximum Gasteiger partial charge on any atom is 0.00461 e. The molecule has 0 radical (unpaired) electrons. The second-order valence-corrected chi connectivity index (χ2v) is 0.577. The lowest BCUT2D eigenvalue weighted by atomic mass is 10.7. The third kappa shape index (κ3) is 131. The van der Waals surface area contributed by atoms with E-state index >= 15 is 0 Å². The Labute approximate surface area is 44.2 Å². The number of hydrogen-bond acceptors (Lipinski definition) is 5. The third-order valence-corrected chi connectivity index (χ3v) is 0.167. The van der Waals surface area contributed by atoms with Crippen LogP contribution in [0.1, 0.15) is 0 Å². The number of nitrogens with two attached hydrogens (primary N) is 2. The van der Waals surface area contributed by atoms with Crippen LogP contribution in [0.2, 0.25) is 0 Å². The molecule has 0 aliphatic heterocycles. The van der Waals surface area contributed by atoms with E-state index in [0.717, 1.165) is 0 Å². The minimum Gasteiger partial charge on any atom is -0.344 e. The summed E-state index contributed by atoms with van der Waals surface area (Å²) in [6, 6.07) is 0. The summed E-state index contributed by atoms with van der Waals surface area (Å²) in [7, 11) is 0. The summed E-state index contributed by atoms with van der Waals surface area (Å²) in [6.07, 6.45) is 0. The van der Waals surface area contributed by atoms with Crippen molar-refractivity contribution in [2.45, 2.75) is 0 Å². The highest BCUT2D eigenvalue weighted by molar-refractivity contribution is 4.26. The van der Waals surface area contributed by atoms with Crippen molar-refractivity contribution >= 4 is 0 Å². The molecule has 0 bridgehead atoms. The van der Waals surface area contributed by atoms with E-state index in [1.54, 1.807) is 0 Å². The van der Waals surface area contributed by atoms with E-state index in [0.29, 0.717) is 13.1 Å². The highest BCUT2D eigenvalue weighted by Gasteiger charge is 1.54. The van der Waals surface area contributed by atoms with Gasteiger partial charge in [-0.15, -0.1) is 0 Å². The fourth-order valence-corrected chi connectivity index (χ4v) is 0. The van der Waals surface area contributed by atoms with Gasteiger partial charge >= 0.3 is 0 Å². The predicted octanol–water partition coefficient (Wildman–Crippen LogP) is -0.610. The van der Waals surface area contributed by atoms with E-state index in [2.05, 4.69) is 0 Å². The summed E-state index contributed by atoms with van der Waals surface area (Å²) in [4.78, 5) is 0. The van der Waals surface area contributed by atoms with Gasteiger partial charge in [0, 0.05) is 13.1 Å². The molecule has 0 aliphatic rings. The Kier molecular flexibility index (Phi) is 172. The maximum atomic E-state index is 4.90. The molecule has 0 rings (SSSR count). The van der Waals surface area contributed by atoms with Crippen molar-refractivity contribution in [3.8, 4) is 0 Å². The van der Waals surface area contributed by atoms with E-state index in [1.807, 2.05) is 0 Å². The van der Waals surface area contributed by atoms with Gasteiger partial charge in [-0.25, -0.2) is 0 Å². The zero-order chi connectivity index (χ0) is 3.41. The summed E-state index contributed by atoms with van der Waals surface area (Å²) < 4.78 is 0. The van der Waals surface area contributed by atoms with Gasteiger partial charge in [-0.2, -0.15) is 0 Å². The second-order valence-electron chi connectivity index (χ2n) is 0.577. The molecule has 0 saturated carbocycles. The molecule has 0 aromatic rings. The van der Waals surface area contributed by atoms with Gasteiger partial charge < -0.3 is 29.9 Å². The fourth-order valence-electron chi connectivity index (χ4n) is 0. The molecule has 0 atom stereocenters. The van der Waals surface area contributed by atoms with E-state index < -0.39 is 0 Å². The van der Waals surface area contributed by atoms with Gasteiger partial charge in [0.2, 0.25) is 0 Å². The van der Waals surface area contributed by atoms with Crippen LogP contribution in [0.5, 0.6) is 0 Å². The summed E-state index contributed by atoms with van der Waals surface area (Å²) in [6.45, 7) is 1.19. The van der Waals surface area contributed by atoms with Gasteiger partial charge in [0.05, 0.1) is 0 Å². The van der Waals surface area contributed by atoms with E-state index in [-0.39, 0.29) is 18.5 Å². The first-order valence-electron chi connectivity index (χ1n) is 1.32. The SMILES string of the molecule is N.N.N.NCCN. The standard InChI is InChI=1S/C2H8N2.3H3N/c3-1-2-4;;;/h1-4H2;3*1H3. The van der Waals surface area contributed by atoms with Crippen molar-refractivity contribution in [1.29, 1.82) is 0 Å². The molecule has 0 spiro atoms. The largest absolute Gasteiger partial charge is 0.344 e. The van der Waals surface area contributed by atoms with Crippen LogP contribution in [0.4, 0.5) is 0 Å². The Morgan fingerprint density at radius 3 is 0.857 bits per heavy atom. The second kappa shape index (κ2) is 41.2. The molecule has 0 saturated heterocycles. The molecule has 5 heteroatoms. The summed E-state index contributed by atoms with van der Waals surface area (Å²) >= 11 is 0. The van der Waals surface area contributed by atoms with Gasteiger partial charge in [0.1, 0.15) is 0 Å². The minimum atomic E-state index is 0. The average molecular weight is 111 g/mol. The normalized spacial score (nSPS) is 4.29. The van der Waals surface area contributed by atoms with Gasteiger partial charge in [-0.1, -0.05) is 0 Å². The first-order valence-corrected chi connectivity index (χ1v) is 1.32. The van der Waals surface area contributed by atoms with Crippen molar-refractivity contribution in [2.75, 3.05) is 13.1 Å². The molecule has 0 amide bonds. The van der Waals surface area contributed by atoms with Crippen molar-refractivity contribution in [1.82, 2.24) is 18.5 Å². The topological polar surface area (TPSA) is 157 Å². The lowest BCUT2D eigenvalue weighted by Crippen LogP contribution is -2.11. The lowest BCUT2D eigenvalue weighted by Gasteiger charge is -1.72. The van der Waals surface area contributed by atoms with Crippen molar-refractivity contribution in [3.05, 3.63) is 0 Å². The molecule has 5 nitrogen and oxygen atoms in total. The summed E-state index contributed by atoms with van der Waals surface area (Å²) in [5.74, 6) is 0. The lowest BCUT2D eigenvalue weighted by molar-refractivity contribution is 0.976. The van der Waals surface area contributed by atoms with Crippen molar-refractivity contribution in [3.63, 3.8) is 0 Å². The van der Waals surface area contributed by atoms with Crippen LogP contribution in [0.25, 0.3) is 0 Å². The Bertz CT molecular complexity index is 8.04. The molecule has 50 valence electrons. The number of rotatable bonds is 1. The fraction of sp³-hybridized carbons (Fsp3) is 1.00. The first-order chi connectivity index (χ1) is 1.91. The number of hydrogen-bond donors (Lipinski definition) is 5. The Balaban J connectivity index is -0.0000000150. The van der Waals surface area contributed by atoms with Crippen LogP contribution < -0.4 is 29.9 Å². The zero-order valence-electron chi connectivity index (χ0n) is 4.69. The molecule has 0 unspecified atom stereocenters. The molecule has 0 aromatic heterocycles. The molecular weight excluding hydrogens is 94.1 g/mol. The van der Waals surface area contributed by atoms with Crippen molar-refractivity contribution in [2.24, 2.45) is 11.5 Å². The van der Waals surface area contributed by atoms with Crippen LogP contribution in [-0.4, -0.2) is 13.1 Å². The average Bonchev–Trinajstić information content (AvgIpc) is 1.37. The molecular formula is C2H17N5. The van der Waals surface area contributed by atoms with E-state index in [1.165, 1.54) is 0 Å². The van der Waals surface area contributed by atoms with Crippen LogP contribution in [-0.2, 0) is 0 Å². The van der Waals surface area contributed by atoms with Crippen LogP contribution in [0, 0.1) is 0 Å². The van der Waals surface area contributed by atoms with Gasteiger partial charge in [0.15, 0.2) is 0 Å². The van der Waals surface area contributed by atoms with Gasteiger partial charge in [-0.3, -0.25) is 0 Å². The molecule has 13 N–H and O–H groups in total. The van der Waals surface area contributed by atoms with Crippen LogP contribution >= 0.6 is 0 Å². The summed E-state index contributed by atoms with van der Waals surface area (Å²) in [5, 5.41) is 0. The quantitative estimate of drug-likeness (QED) is 0.305. The van der Waals surface area contributed by atoms with Crippen molar-refractivity contribution < 1.29 is 0 Å². The zero-order valence-corrected chi connectivity index (χ0v) is 4.69. The molecule has 0 fully saturated rings. The third-order valence-electron chi connectivity index (χ3n) is 0.167. The van der Waals surface area contributed by atoms with Crippen LogP contribution in [0.15, 0.2) is 0 Å². The molecule has 0 aromatic carbocycles. The maximum absolute atomic E-state index is 4.90. The van der Waals surface area contributed by atoms with Crippen LogP contribution in [0.3, 0.4) is 0 Å². The van der Waals surface area contributed by atoms with E-state index in [9.17, 15) is 0 Å². The minimum absolute atomic E-state index is 0. The predicted molar refractivity (Wildman–Crippen MR) is 33.2 cm³/mol. The molecule has 7 heavy (non-hydrogen) atoms. The Morgan fingerprint density at radius 2 is 0.857 bits per heavy atom. The van der Waals surface area contributed by atoms with Gasteiger partial charge in [0.25, 0.3) is 0 Å². The molecule has 0 heterocycles. The smallest absolute Gasteiger partial charge is 0.00461 e. The Morgan fingerprint density at radius 1 is 0.714 bits per heavy atom. The monoisotopic (exact) mass is 111 g/mol. The summed E-state index contributed by atoms with van der Waals surface area (Å²) in [5.41, 5.74) is 9.81. The molecule has 0 aliphatic carbocycles. The van der Waals surface area contributed by atoms with E-state index in [4.69, 9.17) is 11.5 Å². The van der Waals surface area contributed by atoms with Gasteiger partial charge in [-0.05, 0) is 0 Å².